The van der Waals surface area contributed by atoms with E-state index in [9.17, 15) is 4.79 Å². The highest BCUT2D eigenvalue weighted by Crippen LogP contribution is 2.31. The molecule has 0 radical (unpaired) electrons. The Kier molecular flexibility index (Phi) is 7.16. The lowest BCUT2D eigenvalue weighted by Crippen LogP contribution is -2.28. The van der Waals surface area contributed by atoms with Crippen molar-refractivity contribution in [2.75, 3.05) is 43.1 Å². The molecule has 2 aromatic rings. The van der Waals surface area contributed by atoms with Crippen molar-refractivity contribution in [3.63, 3.8) is 0 Å². The van der Waals surface area contributed by atoms with Crippen LogP contribution in [0.3, 0.4) is 0 Å². The summed E-state index contributed by atoms with van der Waals surface area (Å²) >= 11 is 6.46. The maximum absolute atomic E-state index is 11.4. The third-order valence-electron chi connectivity index (χ3n) is 6.26. The quantitative estimate of drug-likeness (QED) is 0.590. The summed E-state index contributed by atoms with van der Waals surface area (Å²) in [6.45, 7) is 6.93. The van der Waals surface area contributed by atoms with E-state index >= 15 is 0 Å². The van der Waals surface area contributed by atoms with Crippen LogP contribution in [0.25, 0.3) is 0 Å². The lowest BCUT2D eigenvalue weighted by Gasteiger charge is -2.22. The van der Waals surface area contributed by atoms with Gasteiger partial charge in [0, 0.05) is 39.6 Å². The standard InChI is InChI=1S/C24H31ClN4O3/c1-16(12-17(2)30)18-4-6-19(7-5-18)32-21-9-10-28(15-21)23-22(25)13-26-24(27-23)29-11-8-20(14-29)31-3/h4-7,13,16,20-21H,8-12,14-15H2,1-3H3/t16-,20+,21-/m1/s1. The van der Waals surface area contributed by atoms with Gasteiger partial charge in [0.1, 0.15) is 22.7 Å². The van der Waals surface area contributed by atoms with Crippen molar-refractivity contribution < 1.29 is 14.3 Å². The number of carbonyl (C=O) groups is 1. The Morgan fingerprint density at radius 2 is 1.84 bits per heavy atom. The second-order valence-corrected chi connectivity index (χ2v) is 9.19. The summed E-state index contributed by atoms with van der Waals surface area (Å²) in [6.07, 6.45) is 4.41. The lowest BCUT2D eigenvalue weighted by atomic mass is 9.96. The Bertz CT molecular complexity index is 939. The smallest absolute Gasteiger partial charge is 0.227 e. The molecule has 1 aromatic heterocycles. The predicted octanol–water partition coefficient (Wildman–Crippen LogP) is 4.10. The number of rotatable bonds is 8. The molecule has 0 unspecified atom stereocenters. The van der Waals surface area contributed by atoms with Crippen molar-refractivity contribution in [1.29, 1.82) is 0 Å². The third kappa shape index (κ3) is 5.33. The van der Waals surface area contributed by atoms with E-state index in [1.165, 1.54) is 0 Å². The van der Waals surface area contributed by atoms with Crippen molar-refractivity contribution in [3.05, 3.63) is 41.0 Å². The molecular weight excluding hydrogens is 428 g/mol. The topological polar surface area (TPSA) is 67.8 Å². The first-order valence-corrected chi connectivity index (χ1v) is 11.6. The Balaban J connectivity index is 1.37. The zero-order valence-corrected chi connectivity index (χ0v) is 19.7. The number of carbonyl (C=O) groups excluding carboxylic acids is 1. The minimum Gasteiger partial charge on any atom is -0.489 e. The molecule has 0 N–H and O–H groups in total. The Morgan fingerprint density at radius 1 is 1.16 bits per heavy atom. The molecule has 3 heterocycles. The molecule has 32 heavy (non-hydrogen) atoms. The zero-order valence-electron chi connectivity index (χ0n) is 19.0. The molecule has 2 fully saturated rings. The van der Waals surface area contributed by atoms with E-state index in [4.69, 9.17) is 26.1 Å². The molecule has 3 atom stereocenters. The monoisotopic (exact) mass is 458 g/mol. The zero-order chi connectivity index (χ0) is 22.7. The number of Topliss-reactive ketones (excluding diaryl/α,β-unsaturated/α-hetero) is 1. The molecule has 2 aliphatic heterocycles. The second-order valence-electron chi connectivity index (χ2n) is 8.78. The van der Waals surface area contributed by atoms with E-state index in [0.29, 0.717) is 17.4 Å². The summed E-state index contributed by atoms with van der Waals surface area (Å²) in [6, 6.07) is 8.08. The van der Waals surface area contributed by atoms with Crippen molar-refractivity contribution >= 4 is 29.2 Å². The molecule has 0 spiro atoms. The van der Waals surface area contributed by atoms with Crippen LogP contribution in [0.2, 0.25) is 5.02 Å². The van der Waals surface area contributed by atoms with E-state index in [2.05, 4.69) is 21.7 Å². The lowest BCUT2D eigenvalue weighted by molar-refractivity contribution is -0.117. The average Bonchev–Trinajstić information content (AvgIpc) is 3.44. The summed E-state index contributed by atoms with van der Waals surface area (Å²) in [4.78, 5) is 24.9. The van der Waals surface area contributed by atoms with Crippen molar-refractivity contribution in [3.8, 4) is 5.75 Å². The van der Waals surface area contributed by atoms with Crippen LogP contribution in [-0.2, 0) is 9.53 Å². The molecule has 0 bridgehead atoms. The van der Waals surface area contributed by atoms with Gasteiger partial charge < -0.3 is 24.1 Å². The van der Waals surface area contributed by atoms with Gasteiger partial charge in [0.15, 0.2) is 5.82 Å². The van der Waals surface area contributed by atoms with Gasteiger partial charge in [0.05, 0.1) is 18.8 Å². The maximum atomic E-state index is 11.4. The molecule has 1 aromatic carbocycles. The SMILES string of the molecule is CO[C@H]1CCN(c2ncc(Cl)c(N3CC[C@@H](Oc4ccc([C@H](C)CC(C)=O)cc4)C3)n2)C1. The maximum Gasteiger partial charge on any atom is 0.227 e. The Hall–Kier alpha value is -2.38. The molecule has 0 amide bonds. The highest BCUT2D eigenvalue weighted by atomic mass is 35.5. The van der Waals surface area contributed by atoms with E-state index in [0.717, 1.165) is 56.2 Å². The molecule has 172 valence electrons. The van der Waals surface area contributed by atoms with Gasteiger partial charge in [-0.05, 0) is 37.0 Å². The van der Waals surface area contributed by atoms with Gasteiger partial charge in [0.25, 0.3) is 0 Å². The van der Waals surface area contributed by atoms with Gasteiger partial charge in [-0.25, -0.2) is 4.98 Å². The van der Waals surface area contributed by atoms with E-state index in [1.807, 2.05) is 24.3 Å². The fourth-order valence-electron chi connectivity index (χ4n) is 4.46. The molecule has 4 rings (SSSR count). The van der Waals surface area contributed by atoms with E-state index < -0.39 is 0 Å². The fourth-order valence-corrected chi connectivity index (χ4v) is 4.67. The van der Waals surface area contributed by atoms with Crippen LogP contribution in [0.5, 0.6) is 5.75 Å². The van der Waals surface area contributed by atoms with Crippen LogP contribution >= 0.6 is 11.6 Å². The number of hydrogen-bond acceptors (Lipinski definition) is 7. The van der Waals surface area contributed by atoms with Crippen LogP contribution in [0.15, 0.2) is 30.5 Å². The number of anilines is 2. The molecule has 7 nitrogen and oxygen atoms in total. The fraction of sp³-hybridized carbons (Fsp3) is 0.542. The van der Waals surface area contributed by atoms with E-state index in [1.54, 1.807) is 20.2 Å². The number of benzene rings is 1. The molecule has 2 saturated heterocycles. The van der Waals surface area contributed by atoms with Gasteiger partial charge >= 0.3 is 0 Å². The summed E-state index contributed by atoms with van der Waals surface area (Å²) in [7, 11) is 1.74. The third-order valence-corrected chi connectivity index (χ3v) is 6.53. The normalized spacial score (nSPS) is 21.8. The first-order valence-electron chi connectivity index (χ1n) is 11.2. The summed E-state index contributed by atoms with van der Waals surface area (Å²) < 4.78 is 11.7. The molecular formula is C24H31ClN4O3. The second kappa shape index (κ2) is 10.0. The summed E-state index contributed by atoms with van der Waals surface area (Å²) in [5.74, 6) is 2.72. The van der Waals surface area contributed by atoms with Crippen LogP contribution in [0, 0.1) is 0 Å². The van der Waals surface area contributed by atoms with Crippen molar-refractivity contribution in [2.24, 2.45) is 0 Å². The molecule has 0 aliphatic carbocycles. The average molecular weight is 459 g/mol. The van der Waals surface area contributed by atoms with Gasteiger partial charge in [0.2, 0.25) is 5.95 Å². The Labute approximate surface area is 194 Å². The van der Waals surface area contributed by atoms with Crippen LogP contribution in [-0.4, -0.2) is 61.2 Å². The van der Waals surface area contributed by atoms with Gasteiger partial charge in [-0.15, -0.1) is 0 Å². The highest BCUT2D eigenvalue weighted by Gasteiger charge is 2.29. The number of ether oxygens (including phenoxy) is 2. The number of aromatic nitrogens is 2. The largest absolute Gasteiger partial charge is 0.489 e. The highest BCUT2D eigenvalue weighted by molar-refractivity contribution is 6.32. The molecule has 8 heteroatoms. The van der Waals surface area contributed by atoms with E-state index in [-0.39, 0.29) is 23.9 Å². The molecule has 0 saturated carbocycles. The van der Waals surface area contributed by atoms with Crippen LogP contribution in [0.1, 0.15) is 44.6 Å². The summed E-state index contributed by atoms with van der Waals surface area (Å²) in [5.41, 5.74) is 1.15. The minimum absolute atomic E-state index is 0.0645. The van der Waals surface area contributed by atoms with Gasteiger partial charge in [-0.3, -0.25) is 0 Å². The minimum atomic E-state index is 0.0645. The van der Waals surface area contributed by atoms with Crippen LogP contribution in [0.4, 0.5) is 11.8 Å². The predicted molar refractivity (Wildman–Crippen MR) is 126 cm³/mol. The number of ketones is 1. The number of nitrogens with zero attached hydrogens (tertiary/aromatic N) is 4. The van der Waals surface area contributed by atoms with Crippen molar-refractivity contribution in [2.45, 2.75) is 51.2 Å². The van der Waals surface area contributed by atoms with Crippen LogP contribution < -0.4 is 14.5 Å². The van der Waals surface area contributed by atoms with Crippen molar-refractivity contribution in [1.82, 2.24) is 9.97 Å². The number of halogens is 1. The first-order chi connectivity index (χ1) is 15.4. The number of methoxy groups -OCH3 is 1. The van der Waals surface area contributed by atoms with Gasteiger partial charge in [-0.1, -0.05) is 30.7 Å². The Morgan fingerprint density at radius 3 is 2.53 bits per heavy atom. The molecule has 2 aliphatic rings. The first kappa shape index (κ1) is 22.8. The summed E-state index contributed by atoms with van der Waals surface area (Å²) in [5, 5.41) is 0.556. The van der Waals surface area contributed by atoms with Gasteiger partial charge in [-0.2, -0.15) is 4.98 Å². The number of hydrogen-bond donors (Lipinski definition) is 0.